The molecule has 1 rings (SSSR count). The normalized spacial score (nSPS) is 11.1. The first-order valence-corrected chi connectivity index (χ1v) is 7.09. The van der Waals surface area contributed by atoms with E-state index in [9.17, 15) is 13.2 Å². The first kappa shape index (κ1) is 15.3. The zero-order chi connectivity index (χ0) is 14.5. The number of hydrogen-bond acceptors (Lipinski definition) is 5. The van der Waals surface area contributed by atoms with Crippen molar-refractivity contribution in [3.63, 3.8) is 0 Å². The molecule has 0 saturated heterocycles. The predicted octanol–water partition coefficient (Wildman–Crippen LogP) is -0.308. The van der Waals surface area contributed by atoms with Gasteiger partial charge >= 0.3 is 0 Å². The average Bonchev–Trinajstić information content (AvgIpc) is 2.36. The van der Waals surface area contributed by atoms with E-state index in [4.69, 9.17) is 10.5 Å². The van der Waals surface area contributed by atoms with Crippen molar-refractivity contribution in [2.75, 3.05) is 25.9 Å². The Morgan fingerprint density at radius 3 is 2.63 bits per heavy atom. The summed E-state index contributed by atoms with van der Waals surface area (Å²) in [5.41, 5.74) is 5.71. The van der Waals surface area contributed by atoms with E-state index >= 15 is 0 Å². The summed E-state index contributed by atoms with van der Waals surface area (Å²) in [4.78, 5) is 11.1. The summed E-state index contributed by atoms with van der Waals surface area (Å²) in [7, 11) is -2.37. The van der Waals surface area contributed by atoms with E-state index in [2.05, 4.69) is 10.0 Å². The number of rotatable bonds is 6. The highest BCUT2D eigenvalue weighted by molar-refractivity contribution is 7.89. The van der Waals surface area contributed by atoms with Gasteiger partial charge in [-0.25, -0.2) is 13.1 Å². The Labute approximate surface area is 112 Å². The zero-order valence-electron chi connectivity index (χ0n) is 10.8. The summed E-state index contributed by atoms with van der Waals surface area (Å²) in [6.45, 7) is 1.85. The van der Waals surface area contributed by atoms with Crippen molar-refractivity contribution >= 4 is 21.6 Å². The monoisotopic (exact) mass is 287 g/mol. The number of anilines is 1. The van der Waals surface area contributed by atoms with Gasteiger partial charge in [0.1, 0.15) is 10.6 Å². The largest absolute Gasteiger partial charge is 0.497 e. The van der Waals surface area contributed by atoms with E-state index in [0.29, 0.717) is 12.3 Å². The second-order valence-corrected chi connectivity index (χ2v) is 5.42. The Bertz CT molecular complexity index is 557. The van der Waals surface area contributed by atoms with E-state index in [1.165, 1.54) is 25.3 Å². The number of carbonyl (C=O) groups is 1. The Hall–Kier alpha value is -1.80. The van der Waals surface area contributed by atoms with Crippen molar-refractivity contribution in [1.82, 2.24) is 10.0 Å². The van der Waals surface area contributed by atoms with E-state index in [0.717, 1.165) is 0 Å². The molecule has 0 aliphatic rings. The van der Waals surface area contributed by atoms with Crippen molar-refractivity contribution in [3.8, 4) is 5.75 Å². The summed E-state index contributed by atoms with van der Waals surface area (Å²) in [5, 5.41) is 2.49. The molecule has 0 saturated carbocycles. The predicted molar refractivity (Wildman–Crippen MR) is 71.3 cm³/mol. The van der Waals surface area contributed by atoms with Crippen LogP contribution >= 0.6 is 0 Å². The second-order valence-electron chi connectivity index (χ2n) is 3.68. The molecule has 0 radical (unpaired) electrons. The van der Waals surface area contributed by atoms with Crippen LogP contribution in [-0.4, -0.2) is 34.5 Å². The molecular weight excluding hydrogens is 270 g/mol. The van der Waals surface area contributed by atoms with Crippen LogP contribution in [0, 0.1) is 0 Å². The summed E-state index contributed by atoms with van der Waals surface area (Å²) >= 11 is 0. The van der Waals surface area contributed by atoms with Gasteiger partial charge in [0.15, 0.2) is 0 Å². The minimum atomic E-state index is -3.82. The number of likely N-dealkylation sites (N-methyl/N-ethyl adjacent to an activating group) is 1. The Balaban J connectivity index is 2.86. The molecule has 8 heteroatoms. The molecule has 0 heterocycles. The molecule has 0 bridgehead atoms. The van der Waals surface area contributed by atoms with E-state index < -0.39 is 15.9 Å². The fourth-order valence-electron chi connectivity index (χ4n) is 1.40. The second kappa shape index (κ2) is 6.39. The van der Waals surface area contributed by atoms with Crippen LogP contribution in [0.4, 0.5) is 5.69 Å². The molecule has 1 amide bonds. The molecule has 7 nitrogen and oxygen atoms in total. The zero-order valence-corrected chi connectivity index (χ0v) is 11.6. The molecule has 4 N–H and O–H groups in total. The van der Waals surface area contributed by atoms with Gasteiger partial charge in [0.2, 0.25) is 15.9 Å². The maximum absolute atomic E-state index is 11.9. The molecular formula is C11H17N3O4S. The lowest BCUT2D eigenvalue weighted by atomic mass is 10.3. The van der Waals surface area contributed by atoms with Crippen molar-refractivity contribution in [3.05, 3.63) is 18.2 Å². The van der Waals surface area contributed by atoms with Gasteiger partial charge in [-0.2, -0.15) is 0 Å². The van der Waals surface area contributed by atoms with Gasteiger partial charge in [0.25, 0.3) is 0 Å². The van der Waals surface area contributed by atoms with E-state index in [1.54, 1.807) is 6.92 Å². The number of carbonyl (C=O) groups excluding carboxylic acids is 1. The van der Waals surface area contributed by atoms with Gasteiger partial charge in [-0.15, -0.1) is 0 Å². The third-order valence-corrected chi connectivity index (χ3v) is 3.78. The third kappa shape index (κ3) is 4.11. The minimum absolute atomic E-state index is 0.0581. The van der Waals surface area contributed by atoms with Crippen LogP contribution in [0.5, 0.6) is 5.75 Å². The molecule has 19 heavy (non-hydrogen) atoms. The summed E-state index contributed by atoms with van der Waals surface area (Å²) in [6, 6.07) is 4.21. The maximum atomic E-state index is 11.9. The quantitative estimate of drug-likeness (QED) is 0.622. The molecule has 1 aromatic carbocycles. The number of sulfonamides is 1. The van der Waals surface area contributed by atoms with Gasteiger partial charge in [-0.1, -0.05) is 0 Å². The van der Waals surface area contributed by atoms with Crippen LogP contribution in [0.25, 0.3) is 0 Å². The van der Waals surface area contributed by atoms with Gasteiger partial charge in [0, 0.05) is 12.6 Å². The van der Waals surface area contributed by atoms with Crippen molar-refractivity contribution in [2.24, 2.45) is 0 Å². The molecule has 1 aromatic rings. The maximum Gasteiger partial charge on any atom is 0.243 e. The van der Waals surface area contributed by atoms with Crippen LogP contribution in [-0.2, 0) is 14.8 Å². The Morgan fingerprint density at radius 1 is 1.42 bits per heavy atom. The molecule has 0 aromatic heterocycles. The van der Waals surface area contributed by atoms with E-state index in [-0.39, 0.29) is 17.1 Å². The fourth-order valence-corrected chi connectivity index (χ4v) is 2.49. The highest BCUT2D eigenvalue weighted by Crippen LogP contribution is 2.23. The number of ether oxygens (including phenoxy) is 1. The molecule has 0 unspecified atom stereocenters. The number of hydrogen-bond donors (Lipinski definition) is 3. The smallest absolute Gasteiger partial charge is 0.243 e. The minimum Gasteiger partial charge on any atom is -0.497 e. The highest BCUT2D eigenvalue weighted by Gasteiger charge is 2.18. The summed E-state index contributed by atoms with van der Waals surface area (Å²) < 4.78 is 31.0. The number of nitrogens with two attached hydrogens (primary N) is 1. The standard InChI is InChI=1S/C11H17N3O4S/c1-3-13-11(15)7-14-19(16,17)10-5-4-8(18-2)6-9(10)12/h4-6,14H,3,7,12H2,1-2H3,(H,13,15). The Kier molecular flexibility index (Phi) is 5.13. The van der Waals surface area contributed by atoms with Crippen molar-refractivity contribution < 1.29 is 17.9 Å². The van der Waals surface area contributed by atoms with Crippen LogP contribution in [0.1, 0.15) is 6.92 Å². The third-order valence-electron chi connectivity index (χ3n) is 2.30. The average molecular weight is 287 g/mol. The number of nitrogens with one attached hydrogen (secondary N) is 2. The Morgan fingerprint density at radius 2 is 2.11 bits per heavy atom. The SMILES string of the molecule is CCNC(=O)CNS(=O)(=O)c1ccc(OC)cc1N. The number of nitrogen functional groups attached to an aromatic ring is 1. The van der Waals surface area contributed by atoms with Crippen LogP contribution in [0.15, 0.2) is 23.1 Å². The number of methoxy groups -OCH3 is 1. The van der Waals surface area contributed by atoms with Crippen LogP contribution in [0.3, 0.4) is 0 Å². The lowest BCUT2D eigenvalue weighted by Crippen LogP contribution is -2.36. The molecule has 0 atom stereocenters. The molecule has 0 aliphatic carbocycles. The van der Waals surface area contributed by atoms with Gasteiger partial charge in [-0.05, 0) is 19.1 Å². The first-order chi connectivity index (χ1) is 8.90. The number of amides is 1. The topological polar surface area (TPSA) is 111 Å². The van der Waals surface area contributed by atoms with Crippen LogP contribution < -0.4 is 20.5 Å². The summed E-state index contributed by atoms with van der Waals surface area (Å²) in [5.74, 6) is 0.0540. The van der Waals surface area contributed by atoms with Crippen molar-refractivity contribution in [2.45, 2.75) is 11.8 Å². The lowest BCUT2D eigenvalue weighted by molar-refractivity contribution is -0.119. The van der Waals surface area contributed by atoms with Gasteiger partial charge < -0.3 is 15.8 Å². The van der Waals surface area contributed by atoms with E-state index in [1.807, 2.05) is 0 Å². The molecule has 106 valence electrons. The first-order valence-electron chi connectivity index (χ1n) is 5.60. The summed E-state index contributed by atoms with van der Waals surface area (Å²) in [6.07, 6.45) is 0. The van der Waals surface area contributed by atoms with Gasteiger partial charge in [-0.3, -0.25) is 4.79 Å². The van der Waals surface area contributed by atoms with Gasteiger partial charge in [0.05, 0.1) is 19.3 Å². The molecule has 0 spiro atoms. The van der Waals surface area contributed by atoms with Crippen LogP contribution in [0.2, 0.25) is 0 Å². The fraction of sp³-hybridized carbons (Fsp3) is 0.364. The van der Waals surface area contributed by atoms with Crippen molar-refractivity contribution in [1.29, 1.82) is 0 Å². The highest BCUT2D eigenvalue weighted by atomic mass is 32.2. The number of benzene rings is 1. The lowest BCUT2D eigenvalue weighted by Gasteiger charge is -2.10. The molecule has 0 fully saturated rings. The molecule has 0 aliphatic heterocycles.